The molecule has 0 spiro atoms. The molecule has 0 atom stereocenters. The van der Waals surface area contributed by atoms with E-state index in [9.17, 15) is 9.59 Å². The molecule has 0 aliphatic carbocycles. The number of nitrogens with one attached hydrogen (secondary N) is 1. The van der Waals surface area contributed by atoms with Gasteiger partial charge >= 0.3 is 0 Å². The van der Waals surface area contributed by atoms with Crippen molar-refractivity contribution in [1.82, 2.24) is 19.3 Å². The second kappa shape index (κ2) is 6.03. The fraction of sp³-hybridized carbons (Fsp3) is 0.105. The molecule has 0 unspecified atom stereocenters. The highest BCUT2D eigenvalue weighted by Crippen LogP contribution is 2.22. The Bertz CT molecular complexity index is 1150. The minimum Gasteiger partial charge on any atom is -0.345 e. The van der Waals surface area contributed by atoms with Crippen LogP contribution in [0.1, 0.15) is 10.4 Å². The third-order valence-electron chi connectivity index (χ3n) is 4.17. The van der Waals surface area contributed by atoms with E-state index in [0.717, 1.165) is 0 Å². The summed E-state index contributed by atoms with van der Waals surface area (Å²) in [6.45, 7) is 0. The van der Waals surface area contributed by atoms with E-state index in [1.54, 1.807) is 36.7 Å². The highest BCUT2D eigenvalue weighted by molar-refractivity contribution is 5.97. The second-order valence-electron chi connectivity index (χ2n) is 6.14. The van der Waals surface area contributed by atoms with Crippen molar-refractivity contribution < 1.29 is 4.79 Å². The van der Waals surface area contributed by atoms with Crippen LogP contribution in [0.5, 0.6) is 0 Å². The smallest absolute Gasteiger partial charge is 0.274 e. The summed E-state index contributed by atoms with van der Waals surface area (Å²) in [5.74, 6) is 0.466. The molecule has 1 N–H and O–H groups in total. The number of hydrogen-bond donors (Lipinski definition) is 1. The number of allylic oxidation sites excluding steroid dienone is 4. The fourth-order valence-corrected chi connectivity index (χ4v) is 2.92. The topological polar surface area (TPSA) is 73.7 Å². The van der Waals surface area contributed by atoms with Crippen LogP contribution in [0.2, 0.25) is 0 Å². The quantitative estimate of drug-likeness (QED) is 0.772. The van der Waals surface area contributed by atoms with E-state index >= 15 is 0 Å². The number of benzene rings is 1. The molecule has 130 valence electrons. The van der Waals surface area contributed by atoms with E-state index in [0.29, 0.717) is 28.1 Å². The lowest BCUT2D eigenvalue weighted by molar-refractivity contribution is 0.0827. The van der Waals surface area contributed by atoms with Gasteiger partial charge in [0.25, 0.3) is 11.5 Å². The van der Waals surface area contributed by atoms with E-state index in [1.807, 2.05) is 41.6 Å². The van der Waals surface area contributed by atoms with E-state index in [-0.39, 0.29) is 11.5 Å². The number of rotatable bonds is 2. The monoisotopic (exact) mass is 347 g/mol. The number of carbonyl (C=O) groups is 1. The molecule has 0 bridgehead atoms. The Morgan fingerprint density at radius 1 is 1.08 bits per heavy atom. The van der Waals surface area contributed by atoms with Crippen LogP contribution < -0.4 is 10.5 Å². The molecule has 1 aliphatic rings. The number of imidazole rings is 1. The summed E-state index contributed by atoms with van der Waals surface area (Å²) in [4.78, 5) is 35.4. The standard InChI is InChI=1S/C19H17N5O2/c1-22(2)18(26)13-7-8-14-15(11-13)24-16(17(25)21-14)12-20-19(24)23-9-5-3-4-6-10-23/h3-12H,1-2H3,(H,21,25). The molecule has 26 heavy (non-hydrogen) atoms. The van der Waals surface area contributed by atoms with E-state index in [4.69, 9.17) is 0 Å². The van der Waals surface area contributed by atoms with Gasteiger partial charge < -0.3 is 9.88 Å². The summed E-state index contributed by atoms with van der Waals surface area (Å²) in [7, 11) is 3.41. The maximum absolute atomic E-state index is 12.4. The van der Waals surface area contributed by atoms with Crippen LogP contribution in [0.4, 0.5) is 5.95 Å². The van der Waals surface area contributed by atoms with Crippen molar-refractivity contribution in [2.45, 2.75) is 0 Å². The number of nitrogens with zero attached hydrogens (tertiary/aromatic N) is 4. The van der Waals surface area contributed by atoms with Crippen LogP contribution in [0, 0.1) is 0 Å². The van der Waals surface area contributed by atoms with Gasteiger partial charge in [0.2, 0.25) is 5.95 Å². The van der Waals surface area contributed by atoms with Crippen molar-refractivity contribution in [3.05, 3.63) is 77.0 Å². The second-order valence-corrected chi connectivity index (χ2v) is 6.14. The van der Waals surface area contributed by atoms with E-state index < -0.39 is 0 Å². The van der Waals surface area contributed by atoms with Crippen molar-refractivity contribution in [3.63, 3.8) is 0 Å². The van der Waals surface area contributed by atoms with Crippen LogP contribution >= 0.6 is 0 Å². The molecule has 1 amide bonds. The first kappa shape index (κ1) is 15.9. The molecule has 7 heteroatoms. The van der Waals surface area contributed by atoms with Gasteiger partial charge in [-0.3, -0.25) is 18.9 Å². The van der Waals surface area contributed by atoms with Gasteiger partial charge in [0.15, 0.2) is 0 Å². The van der Waals surface area contributed by atoms with Gasteiger partial charge in [0.1, 0.15) is 5.52 Å². The number of H-pyrrole nitrogens is 1. The first-order valence-electron chi connectivity index (χ1n) is 8.11. The Morgan fingerprint density at radius 2 is 1.81 bits per heavy atom. The molecule has 0 fully saturated rings. The summed E-state index contributed by atoms with van der Waals surface area (Å²) in [5.41, 5.74) is 2.07. The summed E-state index contributed by atoms with van der Waals surface area (Å²) in [6.07, 6.45) is 12.8. The zero-order chi connectivity index (χ0) is 18.3. The Labute approximate surface area is 149 Å². The summed E-state index contributed by atoms with van der Waals surface area (Å²) >= 11 is 0. The predicted octanol–water partition coefficient (Wildman–Crippen LogP) is 2.28. The first-order valence-corrected chi connectivity index (χ1v) is 8.11. The number of aromatic nitrogens is 3. The van der Waals surface area contributed by atoms with Crippen LogP contribution in [-0.4, -0.2) is 39.3 Å². The number of carbonyl (C=O) groups excluding carboxylic acids is 1. The zero-order valence-corrected chi connectivity index (χ0v) is 14.4. The zero-order valence-electron chi connectivity index (χ0n) is 14.4. The lowest BCUT2D eigenvalue weighted by Crippen LogP contribution is -2.22. The molecule has 1 aromatic carbocycles. The van der Waals surface area contributed by atoms with Crippen molar-refractivity contribution in [2.24, 2.45) is 0 Å². The number of fused-ring (bicyclic) bond motifs is 3. The minimum atomic E-state index is -0.233. The Balaban J connectivity index is 2.02. The Kier molecular flexibility index (Phi) is 3.69. The third-order valence-corrected chi connectivity index (χ3v) is 4.17. The molecule has 4 rings (SSSR count). The number of hydrogen-bond acceptors (Lipinski definition) is 4. The van der Waals surface area contributed by atoms with Gasteiger partial charge in [0.05, 0.1) is 17.2 Å². The predicted molar refractivity (Wildman–Crippen MR) is 101 cm³/mol. The lowest BCUT2D eigenvalue weighted by atomic mass is 10.1. The van der Waals surface area contributed by atoms with Crippen molar-refractivity contribution >= 4 is 28.4 Å². The van der Waals surface area contributed by atoms with Crippen molar-refractivity contribution in [1.29, 1.82) is 0 Å². The van der Waals surface area contributed by atoms with Gasteiger partial charge in [-0.25, -0.2) is 4.98 Å². The molecular formula is C19H17N5O2. The minimum absolute atomic E-state index is 0.105. The molecule has 0 saturated carbocycles. The largest absolute Gasteiger partial charge is 0.345 e. The van der Waals surface area contributed by atoms with Gasteiger partial charge in [0, 0.05) is 32.1 Å². The van der Waals surface area contributed by atoms with Crippen LogP contribution in [0.3, 0.4) is 0 Å². The van der Waals surface area contributed by atoms with Crippen molar-refractivity contribution in [2.75, 3.05) is 19.0 Å². The average molecular weight is 347 g/mol. The van der Waals surface area contributed by atoms with E-state index in [1.165, 1.54) is 11.1 Å². The molecule has 3 heterocycles. The lowest BCUT2D eigenvalue weighted by Gasteiger charge is -2.15. The first-order chi connectivity index (χ1) is 12.6. The number of anilines is 1. The fourth-order valence-electron chi connectivity index (χ4n) is 2.92. The third kappa shape index (κ3) is 2.50. The van der Waals surface area contributed by atoms with E-state index in [2.05, 4.69) is 9.97 Å². The van der Waals surface area contributed by atoms with Crippen molar-refractivity contribution in [3.8, 4) is 0 Å². The van der Waals surface area contributed by atoms with Gasteiger partial charge in [-0.15, -0.1) is 0 Å². The molecule has 2 aromatic heterocycles. The van der Waals surface area contributed by atoms with Crippen LogP contribution in [-0.2, 0) is 0 Å². The maximum Gasteiger partial charge on any atom is 0.274 e. The van der Waals surface area contributed by atoms with Gasteiger partial charge in [-0.1, -0.05) is 12.2 Å². The number of aromatic amines is 1. The normalized spacial score (nSPS) is 13.5. The summed E-state index contributed by atoms with van der Waals surface area (Å²) in [5, 5.41) is 0. The highest BCUT2D eigenvalue weighted by Gasteiger charge is 2.16. The van der Waals surface area contributed by atoms with Crippen LogP contribution in [0.25, 0.3) is 16.6 Å². The molecule has 7 nitrogen and oxygen atoms in total. The summed E-state index contributed by atoms with van der Waals surface area (Å²) in [6, 6.07) is 5.22. The van der Waals surface area contributed by atoms with Crippen LogP contribution in [0.15, 0.2) is 65.9 Å². The highest BCUT2D eigenvalue weighted by atomic mass is 16.2. The SMILES string of the molecule is CN(C)C(=O)c1ccc2[nH]c(=O)c3cnc(N4C=CC=CC=C4)n3c2c1. The van der Waals surface area contributed by atoms with Gasteiger partial charge in [-0.2, -0.15) is 0 Å². The summed E-state index contributed by atoms with van der Waals surface area (Å²) < 4.78 is 1.76. The number of amides is 1. The molecule has 0 saturated heterocycles. The molecular weight excluding hydrogens is 330 g/mol. The molecule has 3 aromatic rings. The maximum atomic E-state index is 12.4. The Hall–Kier alpha value is -3.61. The van der Waals surface area contributed by atoms with Gasteiger partial charge in [-0.05, 0) is 30.4 Å². The average Bonchev–Trinajstić information content (AvgIpc) is 2.90. The molecule has 0 radical (unpaired) electrons. The Morgan fingerprint density at radius 3 is 2.50 bits per heavy atom. The molecule has 1 aliphatic heterocycles.